The van der Waals surface area contributed by atoms with Crippen LogP contribution in [0.25, 0.3) is 33.6 Å². The molecule has 0 saturated carbocycles. The van der Waals surface area contributed by atoms with Crippen molar-refractivity contribution >= 4 is 17.2 Å². The molecule has 5 heteroatoms. The van der Waals surface area contributed by atoms with Gasteiger partial charge >= 0.3 is 0 Å². The van der Waals surface area contributed by atoms with E-state index < -0.39 is 5.41 Å². The van der Waals surface area contributed by atoms with Crippen LogP contribution in [0.5, 0.6) is 5.75 Å². The number of nitrogens with zero attached hydrogens (tertiary/aromatic N) is 3. The Morgan fingerprint density at radius 1 is 0.686 bits per heavy atom. The molecule has 0 unspecified atom stereocenters. The molecule has 0 fully saturated rings. The standard InChI is InChI=1S/C46H36N3O.Pt/c1-28(2)32-25-29(3)45(30(4)26-32)49(33-14-11-13-31(27-33)40-20-9-10-24-47-40)42-23-22-39-44(48-42)43-38(19-12-21-41(43)50)46(39)36-17-7-5-15-34(36)35-16-6-8-18-37(35)46;/h5-26,28,50H,1-4H3;/q-1;. The van der Waals surface area contributed by atoms with Crippen LogP contribution in [0.4, 0.5) is 17.2 Å². The Labute approximate surface area is 313 Å². The van der Waals surface area contributed by atoms with E-state index in [0.29, 0.717) is 5.92 Å². The Morgan fingerprint density at radius 3 is 2.00 bits per heavy atom. The maximum Gasteiger partial charge on any atom is 0.136 e. The summed E-state index contributed by atoms with van der Waals surface area (Å²) in [4.78, 5) is 12.4. The molecule has 7 aromatic rings. The van der Waals surface area contributed by atoms with Crippen molar-refractivity contribution in [2.45, 2.75) is 39.0 Å². The van der Waals surface area contributed by atoms with E-state index in [1.54, 1.807) is 6.07 Å². The predicted molar refractivity (Wildman–Crippen MR) is 203 cm³/mol. The summed E-state index contributed by atoms with van der Waals surface area (Å²) in [5, 5.41) is 11.6. The monoisotopic (exact) mass is 841 g/mol. The second kappa shape index (κ2) is 12.5. The van der Waals surface area contributed by atoms with Gasteiger partial charge in [0.05, 0.1) is 16.8 Å². The summed E-state index contributed by atoms with van der Waals surface area (Å²) >= 11 is 0. The van der Waals surface area contributed by atoms with Crippen LogP contribution in [0.3, 0.4) is 0 Å². The minimum atomic E-state index is -0.595. The molecule has 2 aromatic heterocycles. The van der Waals surface area contributed by atoms with E-state index in [0.717, 1.165) is 62.0 Å². The van der Waals surface area contributed by atoms with E-state index in [1.165, 1.54) is 27.8 Å². The summed E-state index contributed by atoms with van der Waals surface area (Å²) < 4.78 is 0. The number of anilines is 3. The molecular formula is C46H36N3OPt-. The van der Waals surface area contributed by atoms with E-state index in [9.17, 15) is 5.11 Å². The number of pyridine rings is 2. The van der Waals surface area contributed by atoms with Crippen LogP contribution in [-0.2, 0) is 26.5 Å². The number of aryl methyl sites for hydroxylation is 2. The van der Waals surface area contributed by atoms with Crippen molar-refractivity contribution in [3.63, 3.8) is 0 Å². The first-order valence-corrected chi connectivity index (χ1v) is 17.3. The van der Waals surface area contributed by atoms with Gasteiger partial charge < -0.3 is 15.0 Å². The van der Waals surface area contributed by atoms with E-state index in [4.69, 9.17) is 4.98 Å². The quantitative estimate of drug-likeness (QED) is 0.175. The number of phenols is 1. The molecule has 1 N–H and O–H groups in total. The number of phenolic OH excluding ortho intramolecular Hbond substituents is 1. The normalized spacial score (nSPS) is 13.0. The van der Waals surface area contributed by atoms with Gasteiger partial charge in [-0.15, -0.1) is 29.8 Å². The number of rotatable bonds is 5. The molecular weight excluding hydrogens is 806 g/mol. The molecule has 2 heterocycles. The molecule has 0 bridgehead atoms. The molecule has 0 amide bonds. The molecule has 2 aliphatic carbocycles. The fraction of sp³-hybridized carbons (Fsp3) is 0.130. The Morgan fingerprint density at radius 2 is 1.33 bits per heavy atom. The van der Waals surface area contributed by atoms with E-state index in [2.05, 4.69) is 141 Å². The SMILES string of the molecule is Cc1cc(C(C)C)cc(C)c1N(c1[c-]c(-c2ccccn2)ccc1)c1ccc2c(n1)-c1c(O)cccc1C21c2ccccc2-c2ccccc21.[Pt]. The van der Waals surface area contributed by atoms with Gasteiger partial charge in [0, 0.05) is 32.8 Å². The number of hydrogen-bond donors (Lipinski definition) is 1. The van der Waals surface area contributed by atoms with Crippen molar-refractivity contribution in [1.29, 1.82) is 0 Å². The molecule has 0 saturated heterocycles. The molecule has 0 radical (unpaired) electrons. The predicted octanol–water partition coefficient (Wildman–Crippen LogP) is 11.2. The topological polar surface area (TPSA) is 49.2 Å². The maximum atomic E-state index is 11.6. The number of benzene rings is 5. The molecule has 0 aliphatic heterocycles. The first kappa shape index (κ1) is 32.9. The number of aromatic hydroxyl groups is 1. The van der Waals surface area contributed by atoms with Crippen molar-refractivity contribution in [1.82, 2.24) is 9.97 Å². The summed E-state index contributed by atoms with van der Waals surface area (Å²) in [6.07, 6.45) is 1.81. The minimum absolute atomic E-state index is 0. The molecule has 252 valence electrons. The van der Waals surface area contributed by atoms with Crippen molar-refractivity contribution in [3.05, 3.63) is 179 Å². The van der Waals surface area contributed by atoms with Gasteiger partial charge in [-0.2, -0.15) is 0 Å². The molecule has 2 aliphatic rings. The molecule has 0 atom stereocenters. The third-order valence-electron chi connectivity index (χ3n) is 10.5. The van der Waals surface area contributed by atoms with E-state index in [1.807, 2.05) is 30.5 Å². The number of aromatic nitrogens is 2. The second-order valence-electron chi connectivity index (χ2n) is 13.8. The largest absolute Gasteiger partial charge is 0.507 e. The van der Waals surface area contributed by atoms with Crippen LogP contribution < -0.4 is 4.90 Å². The zero-order valence-electron chi connectivity index (χ0n) is 28.9. The fourth-order valence-corrected chi connectivity index (χ4v) is 8.42. The van der Waals surface area contributed by atoms with Crippen LogP contribution in [0.15, 0.2) is 134 Å². The molecule has 1 spiro atoms. The number of hydrogen-bond acceptors (Lipinski definition) is 4. The van der Waals surface area contributed by atoms with Gasteiger partial charge in [-0.05, 0) is 99.4 Å². The molecule has 5 aromatic carbocycles. The van der Waals surface area contributed by atoms with Crippen LogP contribution in [0.2, 0.25) is 0 Å². The first-order chi connectivity index (χ1) is 24.4. The van der Waals surface area contributed by atoms with Crippen LogP contribution in [0, 0.1) is 19.9 Å². The van der Waals surface area contributed by atoms with Crippen molar-refractivity contribution in [2.75, 3.05) is 4.90 Å². The average molecular weight is 842 g/mol. The third-order valence-corrected chi connectivity index (χ3v) is 10.5. The Hall–Kier alpha value is -5.31. The first-order valence-electron chi connectivity index (χ1n) is 17.3. The van der Waals surface area contributed by atoms with Gasteiger partial charge in [0.15, 0.2) is 0 Å². The van der Waals surface area contributed by atoms with Gasteiger partial charge in [-0.3, -0.25) is 0 Å². The van der Waals surface area contributed by atoms with E-state index >= 15 is 0 Å². The molecule has 51 heavy (non-hydrogen) atoms. The maximum absolute atomic E-state index is 11.6. The number of fused-ring (bicyclic) bond motifs is 10. The Kier molecular flexibility index (Phi) is 8.04. The second-order valence-corrected chi connectivity index (χ2v) is 13.8. The van der Waals surface area contributed by atoms with Crippen molar-refractivity contribution in [3.8, 4) is 39.4 Å². The van der Waals surface area contributed by atoms with Crippen LogP contribution >= 0.6 is 0 Å². The van der Waals surface area contributed by atoms with E-state index in [-0.39, 0.29) is 26.8 Å². The molecule has 4 nitrogen and oxygen atoms in total. The van der Waals surface area contributed by atoms with Crippen molar-refractivity contribution in [2.24, 2.45) is 0 Å². The minimum Gasteiger partial charge on any atom is -0.507 e. The summed E-state index contributed by atoms with van der Waals surface area (Å²) in [6, 6.07) is 48.0. The molecule has 9 rings (SSSR count). The van der Waals surface area contributed by atoms with Gasteiger partial charge in [-0.1, -0.05) is 105 Å². The van der Waals surface area contributed by atoms with Crippen LogP contribution in [-0.4, -0.2) is 15.1 Å². The summed E-state index contributed by atoms with van der Waals surface area (Å²) in [7, 11) is 0. The fourth-order valence-electron chi connectivity index (χ4n) is 8.42. The Bertz CT molecular complexity index is 2400. The van der Waals surface area contributed by atoms with Gasteiger partial charge in [0.1, 0.15) is 11.6 Å². The zero-order chi connectivity index (χ0) is 34.1. The zero-order valence-corrected chi connectivity index (χ0v) is 31.2. The van der Waals surface area contributed by atoms with Gasteiger partial charge in [0.25, 0.3) is 0 Å². The average Bonchev–Trinajstić information content (AvgIpc) is 3.61. The van der Waals surface area contributed by atoms with Crippen molar-refractivity contribution < 1.29 is 26.2 Å². The van der Waals surface area contributed by atoms with Crippen LogP contribution in [0.1, 0.15) is 58.7 Å². The summed E-state index contributed by atoms with van der Waals surface area (Å²) in [5.41, 5.74) is 15.3. The smallest absolute Gasteiger partial charge is 0.136 e. The summed E-state index contributed by atoms with van der Waals surface area (Å²) in [5.74, 6) is 1.39. The van der Waals surface area contributed by atoms with Gasteiger partial charge in [0.2, 0.25) is 0 Å². The summed E-state index contributed by atoms with van der Waals surface area (Å²) in [6.45, 7) is 8.83. The van der Waals surface area contributed by atoms with Gasteiger partial charge in [-0.25, -0.2) is 4.98 Å². The Balaban J connectivity index is 0.00000374. The third kappa shape index (κ3) is 4.84.